The summed E-state index contributed by atoms with van der Waals surface area (Å²) < 4.78 is 12.5. The molecule has 5 heterocycles. The summed E-state index contributed by atoms with van der Waals surface area (Å²) in [5.41, 5.74) is 0.118. The summed E-state index contributed by atoms with van der Waals surface area (Å²) in [6, 6.07) is 0. The lowest BCUT2D eigenvalue weighted by atomic mass is 9.73. The van der Waals surface area contributed by atoms with Crippen molar-refractivity contribution in [3.63, 3.8) is 0 Å². The van der Waals surface area contributed by atoms with Crippen molar-refractivity contribution in [2.75, 3.05) is 32.0 Å². The monoisotopic (exact) mass is 255 g/mol. The van der Waals surface area contributed by atoms with Crippen molar-refractivity contribution in [3.8, 4) is 0 Å². The third kappa shape index (κ3) is 1.47. The molecule has 3 atom stereocenters. The van der Waals surface area contributed by atoms with E-state index in [1.165, 1.54) is 25.9 Å². The van der Waals surface area contributed by atoms with Gasteiger partial charge in [-0.25, -0.2) is 0 Å². The molecule has 0 aromatic rings. The number of piperidine rings is 3. The first-order valence-corrected chi connectivity index (χ1v) is 7.89. The van der Waals surface area contributed by atoms with Crippen LogP contribution in [0.15, 0.2) is 0 Å². The molecule has 5 aliphatic heterocycles. The van der Waals surface area contributed by atoms with Crippen LogP contribution in [-0.2, 0) is 9.47 Å². The molecule has 0 aliphatic carbocycles. The van der Waals surface area contributed by atoms with Gasteiger partial charge in [-0.15, -0.1) is 11.8 Å². The van der Waals surface area contributed by atoms with E-state index in [1.54, 1.807) is 0 Å². The van der Waals surface area contributed by atoms with E-state index in [9.17, 15) is 0 Å². The number of rotatable bonds is 0. The Morgan fingerprint density at radius 3 is 2.71 bits per heavy atom. The van der Waals surface area contributed by atoms with Gasteiger partial charge in [-0.05, 0) is 38.8 Å². The lowest BCUT2D eigenvalue weighted by molar-refractivity contribution is -0.143. The molecule has 5 fully saturated rings. The van der Waals surface area contributed by atoms with Crippen LogP contribution in [0.4, 0.5) is 0 Å². The maximum atomic E-state index is 6.47. The minimum Gasteiger partial charge on any atom is -0.366 e. The van der Waals surface area contributed by atoms with Crippen molar-refractivity contribution in [3.05, 3.63) is 0 Å². The van der Waals surface area contributed by atoms with Gasteiger partial charge in [0.1, 0.15) is 4.93 Å². The predicted molar refractivity (Wildman–Crippen MR) is 68.2 cm³/mol. The second-order valence-corrected chi connectivity index (χ2v) is 7.45. The predicted octanol–water partition coefficient (Wildman–Crippen LogP) is 1.72. The Bertz CT molecular complexity index is 323. The summed E-state index contributed by atoms with van der Waals surface area (Å²) >= 11 is 1.99. The third-order valence-corrected chi connectivity index (χ3v) is 6.63. The smallest absolute Gasteiger partial charge is 0.142 e. The average molecular weight is 255 g/mol. The van der Waals surface area contributed by atoms with E-state index in [2.05, 4.69) is 11.8 Å². The highest BCUT2D eigenvalue weighted by Crippen LogP contribution is 2.55. The zero-order valence-corrected chi connectivity index (χ0v) is 11.3. The first-order chi connectivity index (χ1) is 8.23. The van der Waals surface area contributed by atoms with E-state index in [0.29, 0.717) is 0 Å². The third-order valence-electron chi connectivity index (χ3n) is 5.18. The van der Waals surface area contributed by atoms with E-state index in [1.807, 2.05) is 11.8 Å². The molecule has 4 heteroatoms. The molecule has 0 aromatic heterocycles. The van der Waals surface area contributed by atoms with Gasteiger partial charge in [0.15, 0.2) is 0 Å². The van der Waals surface area contributed by atoms with Gasteiger partial charge < -0.3 is 14.4 Å². The molecule has 0 saturated carbocycles. The van der Waals surface area contributed by atoms with Gasteiger partial charge in [-0.2, -0.15) is 0 Å². The van der Waals surface area contributed by atoms with Crippen LogP contribution < -0.4 is 0 Å². The molecule has 3 nitrogen and oxygen atoms in total. The van der Waals surface area contributed by atoms with Crippen LogP contribution in [0.5, 0.6) is 0 Å². The number of hydrogen-bond acceptors (Lipinski definition) is 4. The lowest BCUT2D eigenvalue weighted by Crippen LogP contribution is -2.59. The zero-order chi connectivity index (χ0) is 11.5. The Balaban J connectivity index is 1.64. The number of nitrogens with zero attached hydrogens (tertiary/aromatic N) is 1. The topological polar surface area (TPSA) is 21.7 Å². The highest BCUT2D eigenvalue weighted by atomic mass is 32.2. The quantitative estimate of drug-likeness (QED) is 0.657. The first-order valence-electron chi connectivity index (χ1n) is 6.91. The summed E-state index contributed by atoms with van der Waals surface area (Å²) in [4.78, 5) is 2.57. The Kier molecular flexibility index (Phi) is 2.36. The standard InChI is InChI=1S/C13H21NO2S/c1-10-13(15-6-7-17-13)8-12(16-10)9-14-4-2-11(12)3-5-14/h10-11H,2-9H2,1H3. The fourth-order valence-electron chi connectivity index (χ4n) is 4.31. The summed E-state index contributed by atoms with van der Waals surface area (Å²) in [7, 11) is 0. The molecular formula is C13H21NO2S. The van der Waals surface area contributed by atoms with E-state index in [0.717, 1.165) is 31.2 Å². The Hall–Kier alpha value is 0.230. The molecule has 2 spiro atoms. The summed E-state index contributed by atoms with van der Waals surface area (Å²) in [6.07, 6.45) is 4.03. The summed E-state index contributed by atoms with van der Waals surface area (Å²) in [6.45, 7) is 6.83. The molecule has 5 saturated heterocycles. The molecule has 5 rings (SSSR count). The zero-order valence-electron chi connectivity index (χ0n) is 10.5. The van der Waals surface area contributed by atoms with Gasteiger partial charge in [-0.3, -0.25) is 0 Å². The molecule has 2 bridgehead atoms. The maximum absolute atomic E-state index is 6.47. The van der Waals surface area contributed by atoms with Gasteiger partial charge >= 0.3 is 0 Å². The molecule has 3 unspecified atom stereocenters. The van der Waals surface area contributed by atoms with Crippen LogP contribution in [0.3, 0.4) is 0 Å². The van der Waals surface area contributed by atoms with Crippen molar-refractivity contribution in [1.29, 1.82) is 0 Å². The van der Waals surface area contributed by atoms with Crippen molar-refractivity contribution in [2.45, 2.75) is 42.8 Å². The molecule has 5 aliphatic rings. The summed E-state index contributed by atoms with van der Waals surface area (Å²) in [5.74, 6) is 1.91. The molecule has 0 amide bonds. The van der Waals surface area contributed by atoms with Crippen LogP contribution in [0.25, 0.3) is 0 Å². The number of hydrogen-bond donors (Lipinski definition) is 0. The minimum absolute atomic E-state index is 0.0153. The van der Waals surface area contributed by atoms with E-state index >= 15 is 0 Å². The first kappa shape index (κ1) is 11.1. The maximum Gasteiger partial charge on any atom is 0.142 e. The second kappa shape index (κ2) is 3.62. The highest BCUT2D eigenvalue weighted by Gasteiger charge is 2.61. The normalized spacial score (nSPS) is 57.4. The largest absolute Gasteiger partial charge is 0.366 e. The fraction of sp³-hybridized carbons (Fsp3) is 1.00. The molecular weight excluding hydrogens is 234 g/mol. The minimum atomic E-state index is -0.0153. The van der Waals surface area contributed by atoms with Crippen LogP contribution in [-0.4, -0.2) is 53.5 Å². The molecule has 0 aromatic carbocycles. The second-order valence-electron chi connectivity index (χ2n) is 6.06. The van der Waals surface area contributed by atoms with Crippen LogP contribution in [0.1, 0.15) is 26.2 Å². The van der Waals surface area contributed by atoms with Crippen molar-refractivity contribution < 1.29 is 9.47 Å². The Morgan fingerprint density at radius 1 is 1.29 bits per heavy atom. The molecule has 0 radical (unpaired) electrons. The van der Waals surface area contributed by atoms with Gasteiger partial charge in [0.25, 0.3) is 0 Å². The van der Waals surface area contributed by atoms with E-state index in [4.69, 9.17) is 9.47 Å². The van der Waals surface area contributed by atoms with Crippen molar-refractivity contribution in [2.24, 2.45) is 5.92 Å². The van der Waals surface area contributed by atoms with Crippen molar-refractivity contribution >= 4 is 11.8 Å². The van der Waals surface area contributed by atoms with Gasteiger partial charge in [0.05, 0.1) is 18.3 Å². The SMILES string of the molecule is CC1OC2(CN3CCC2CC3)CC12OCCS2. The van der Waals surface area contributed by atoms with Gasteiger partial charge in [0.2, 0.25) is 0 Å². The van der Waals surface area contributed by atoms with Crippen LogP contribution in [0.2, 0.25) is 0 Å². The molecule has 0 N–H and O–H groups in total. The Morgan fingerprint density at radius 2 is 2.12 bits per heavy atom. The fourth-order valence-corrected chi connectivity index (χ4v) is 5.62. The van der Waals surface area contributed by atoms with E-state index < -0.39 is 0 Å². The van der Waals surface area contributed by atoms with Crippen LogP contribution in [0, 0.1) is 5.92 Å². The van der Waals surface area contributed by atoms with Crippen LogP contribution >= 0.6 is 11.8 Å². The molecule has 96 valence electrons. The highest BCUT2D eigenvalue weighted by molar-refractivity contribution is 8.00. The van der Waals surface area contributed by atoms with Gasteiger partial charge in [0, 0.05) is 18.7 Å². The number of fused-ring (bicyclic) bond motifs is 2. The average Bonchev–Trinajstić information content (AvgIpc) is 2.88. The number of thioether (sulfide) groups is 1. The lowest BCUT2D eigenvalue weighted by Gasteiger charge is -2.51. The Labute approximate surface area is 107 Å². The van der Waals surface area contributed by atoms with Gasteiger partial charge in [-0.1, -0.05) is 0 Å². The van der Waals surface area contributed by atoms with Crippen molar-refractivity contribution in [1.82, 2.24) is 4.90 Å². The number of ether oxygens (including phenoxy) is 2. The summed E-state index contributed by atoms with van der Waals surface area (Å²) in [5, 5.41) is 0. The molecule has 17 heavy (non-hydrogen) atoms. The van der Waals surface area contributed by atoms with E-state index in [-0.39, 0.29) is 16.6 Å².